The third-order valence-electron chi connectivity index (χ3n) is 9.08. The number of thiol groups is 1. The molecule has 2 saturated carbocycles. The highest BCUT2D eigenvalue weighted by Gasteiger charge is 2.55. The topological polar surface area (TPSA) is 125 Å². The maximum absolute atomic E-state index is 14.3. The quantitative estimate of drug-likeness (QED) is 0.153. The van der Waals surface area contributed by atoms with Crippen molar-refractivity contribution in [2.75, 3.05) is 12.4 Å². The summed E-state index contributed by atoms with van der Waals surface area (Å²) in [6.45, 7) is -0.527. The summed E-state index contributed by atoms with van der Waals surface area (Å²) in [5, 5.41) is 51.8. The van der Waals surface area contributed by atoms with Crippen LogP contribution in [0.25, 0.3) is 11.3 Å². The average Bonchev–Trinajstić information content (AvgIpc) is 3.70. The number of halogens is 5. The van der Waals surface area contributed by atoms with Gasteiger partial charge in [-0.25, -0.2) is 37.5 Å². The van der Waals surface area contributed by atoms with Crippen LogP contribution in [0.3, 0.4) is 0 Å². The SMILES string of the molecule is OC[C@@H]1[C@H](O)[C@@H](n2cc(-c3cc(F)c(F)c(F)c3)nn2)[C@@H](O)C[SH]1[C@@H](c1ncccc1C1CC1)C1(O)CCC(F)(F)CC1. The van der Waals surface area contributed by atoms with E-state index in [4.69, 9.17) is 0 Å². The predicted molar refractivity (Wildman–Crippen MR) is 148 cm³/mol. The molecule has 4 N–H and O–H groups in total. The Balaban J connectivity index is 1.35. The molecule has 0 bridgehead atoms. The summed E-state index contributed by atoms with van der Waals surface area (Å²) in [5.41, 5.74) is -0.278. The minimum atomic E-state index is -2.91. The molecule has 3 fully saturated rings. The van der Waals surface area contributed by atoms with Crippen LogP contribution in [0, 0.1) is 17.5 Å². The van der Waals surface area contributed by atoms with Crippen molar-refractivity contribution in [3.8, 4) is 11.3 Å². The average molecular weight is 629 g/mol. The van der Waals surface area contributed by atoms with E-state index in [9.17, 15) is 42.4 Å². The van der Waals surface area contributed by atoms with Gasteiger partial charge in [0.1, 0.15) is 11.7 Å². The van der Waals surface area contributed by atoms with Gasteiger partial charge >= 0.3 is 0 Å². The molecule has 3 aromatic rings. The van der Waals surface area contributed by atoms with Crippen LogP contribution in [-0.4, -0.2) is 81.7 Å². The number of benzene rings is 1. The van der Waals surface area contributed by atoms with E-state index in [0.29, 0.717) is 5.69 Å². The Morgan fingerprint density at radius 2 is 1.72 bits per heavy atom. The summed E-state index contributed by atoms with van der Waals surface area (Å²) in [7, 11) is -1.65. The van der Waals surface area contributed by atoms with Crippen LogP contribution < -0.4 is 0 Å². The molecule has 8 nitrogen and oxygen atoms in total. The fraction of sp³-hybridized carbons (Fsp3) is 0.552. The minimum absolute atomic E-state index is 0.0152. The van der Waals surface area contributed by atoms with E-state index in [2.05, 4.69) is 15.3 Å². The smallest absolute Gasteiger partial charge is 0.248 e. The van der Waals surface area contributed by atoms with Gasteiger partial charge in [0.25, 0.3) is 0 Å². The van der Waals surface area contributed by atoms with E-state index >= 15 is 0 Å². The highest BCUT2D eigenvalue weighted by atomic mass is 32.2. The van der Waals surface area contributed by atoms with Crippen molar-refractivity contribution in [1.29, 1.82) is 0 Å². The Morgan fingerprint density at radius 3 is 2.35 bits per heavy atom. The zero-order valence-corrected chi connectivity index (χ0v) is 23.9. The number of hydrogen-bond donors (Lipinski definition) is 5. The first kappa shape index (κ1) is 30.4. The molecule has 2 aromatic heterocycles. The van der Waals surface area contributed by atoms with E-state index in [1.54, 1.807) is 12.3 Å². The van der Waals surface area contributed by atoms with Gasteiger partial charge in [0.2, 0.25) is 5.92 Å². The second-order valence-corrected chi connectivity index (χ2v) is 14.5. The normalized spacial score (nSPS) is 30.2. The molecule has 14 heteroatoms. The van der Waals surface area contributed by atoms with Gasteiger partial charge in [-0.3, -0.25) is 4.98 Å². The first-order valence-corrected chi connectivity index (χ1v) is 15.9. The van der Waals surface area contributed by atoms with Crippen LogP contribution in [0.2, 0.25) is 0 Å². The van der Waals surface area contributed by atoms with Crippen LogP contribution in [0.1, 0.15) is 67.0 Å². The van der Waals surface area contributed by atoms with Gasteiger partial charge in [0, 0.05) is 35.6 Å². The van der Waals surface area contributed by atoms with Gasteiger partial charge < -0.3 is 20.4 Å². The number of alkyl halides is 2. The number of pyridine rings is 1. The van der Waals surface area contributed by atoms with Crippen LogP contribution >= 0.6 is 10.9 Å². The van der Waals surface area contributed by atoms with E-state index < -0.39 is 88.1 Å². The molecule has 6 atom stereocenters. The van der Waals surface area contributed by atoms with Gasteiger partial charge in [-0.1, -0.05) is 11.3 Å². The van der Waals surface area contributed by atoms with Crippen molar-refractivity contribution < 1.29 is 42.4 Å². The molecule has 1 saturated heterocycles. The zero-order chi connectivity index (χ0) is 30.7. The second-order valence-electron chi connectivity index (χ2n) is 11.9. The fourth-order valence-electron chi connectivity index (χ4n) is 6.65. The summed E-state index contributed by atoms with van der Waals surface area (Å²) in [5.74, 6) is -7.16. The molecule has 1 aliphatic heterocycles. The summed E-state index contributed by atoms with van der Waals surface area (Å²) in [4.78, 5) is 4.63. The highest BCUT2D eigenvalue weighted by Crippen LogP contribution is 2.62. The third-order valence-corrected chi connectivity index (χ3v) is 12.6. The van der Waals surface area contributed by atoms with Crippen molar-refractivity contribution in [2.45, 2.75) is 84.7 Å². The number of hydrogen-bond acceptors (Lipinski definition) is 7. The van der Waals surface area contributed by atoms with Crippen molar-refractivity contribution in [1.82, 2.24) is 20.0 Å². The lowest BCUT2D eigenvalue weighted by Crippen LogP contribution is -2.53. The molecule has 3 aliphatic rings. The lowest BCUT2D eigenvalue weighted by Gasteiger charge is -2.53. The molecular weight excluding hydrogens is 595 g/mol. The minimum Gasteiger partial charge on any atom is -0.395 e. The van der Waals surface area contributed by atoms with Gasteiger partial charge in [0.15, 0.2) is 17.5 Å². The lowest BCUT2D eigenvalue weighted by atomic mass is 9.78. The van der Waals surface area contributed by atoms with Crippen LogP contribution in [0.15, 0.2) is 36.7 Å². The van der Waals surface area contributed by atoms with Crippen LogP contribution in [0.5, 0.6) is 0 Å². The Hall–Kier alpha value is -2.65. The summed E-state index contributed by atoms with van der Waals surface area (Å²) < 4.78 is 70.8. The number of nitrogens with zero attached hydrogens (tertiary/aromatic N) is 4. The molecule has 6 rings (SSSR count). The number of aliphatic hydroxyl groups excluding tert-OH is 3. The maximum Gasteiger partial charge on any atom is 0.248 e. The Bertz CT molecular complexity index is 1460. The fourth-order valence-corrected chi connectivity index (χ4v) is 10.3. The largest absolute Gasteiger partial charge is 0.395 e. The molecule has 0 radical (unpaired) electrons. The number of rotatable bonds is 7. The van der Waals surface area contributed by atoms with E-state index in [-0.39, 0.29) is 35.8 Å². The molecule has 43 heavy (non-hydrogen) atoms. The molecule has 3 heterocycles. The molecule has 0 amide bonds. The van der Waals surface area contributed by atoms with Gasteiger partial charge in [0.05, 0.1) is 41.6 Å². The maximum atomic E-state index is 14.3. The van der Waals surface area contributed by atoms with Gasteiger partial charge in [-0.15, -0.1) is 5.10 Å². The molecule has 2 aliphatic carbocycles. The van der Waals surface area contributed by atoms with Crippen molar-refractivity contribution in [3.63, 3.8) is 0 Å². The van der Waals surface area contributed by atoms with E-state index in [1.165, 1.54) is 6.20 Å². The highest BCUT2D eigenvalue weighted by molar-refractivity contribution is 8.18. The van der Waals surface area contributed by atoms with Crippen molar-refractivity contribution in [2.24, 2.45) is 0 Å². The monoisotopic (exact) mass is 628 g/mol. The summed E-state index contributed by atoms with van der Waals surface area (Å²) >= 11 is 0. The van der Waals surface area contributed by atoms with E-state index in [0.717, 1.165) is 35.2 Å². The Morgan fingerprint density at radius 1 is 1.05 bits per heavy atom. The molecule has 1 aromatic carbocycles. The number of aliphatic hydroxyl groups is 4. The second kappa shape index (κ2) is 11.4. The molecule has 1 unspecified atom stereocenters. The summed E-state index contributed by atoms with van der Waals surface area (Å²) in [6, 6.07) is 4.06. The first-order valence-electron chi connectivity index (χ1n) is 14.3. The molecular formula is C29H33F5N4O4S. The number of aromatic nitrogens is 4. The Kier molecular flexibility index (Phi) is 8.03. The Labute approximate surface area is 246 Å². The van der Waals surface area contributed by atoms with E-state index in [1.807, 2.05) is 6.07 Å². The molecule has 0 spiro atoms. The van der Waals surface area contributed by atoms with Crippen LogP contribution in [-0.2, 0) is 0 Å². The molecule has 234 valence electrons. The van der Waals surface area contributed by atoms with Gasteiger partial charge in [-0.05, 0) is 55.4 Å². The van der Waals surface area contributed by atoms with Gasteiger partial charge in [-0.2, -0.15) is 0 Å². The standard InChI is InChI=1S/C29H33F5N4O4S/c30-18-10-16(11-19(31)23(18)32)20-12-38(37-36-20)25-21(40)14-43(22(13-39)26(25)41)27(28(42)5-7-29(33,34)8-6-28)24-17(15-3-4-15)2-1-9-35-24/h1-2,9-12,15,21-22,25-27,39-43H,3-8,13-14H2/t21-,22+,25-,26-,27-/m0/s1. The predicted octanol–water partition coefficient (Wildman–Crippen LogP) is 3.96. The van der Waals surface area contributed by atoms with Crippen molar-refractivity contribution in [3.05, 3.63) is 65.4 Å². The zero-order valence-electron chi connectivity index (χ0n) is 23.0. The lowest BCUT2D eigenvalue weighted by molar-refractivity contribution is -0.105. The van der Waals surface area contributed by atoms with Crippen LogP contribution in [0.4, 0.5) is 22.0 Å². The third kappa shape index (κ3) is 5.68. The van der Waals surface area contributed by atoms with Crippen molar-refractivity contribution >= 4 is 10.9 Å². The first-order chi connectivity index (χ1) is 20.4. The summed E-state index contributed by atoms with van der Waals surface area (Å²) in [6.07, 6.45) is 0.561.